The Balaban J connectivity index is 0.00000200. The van der Waals surface area contributed by atoms with Crippen molar-refractivity contribution >= 4 is 24.0 Å². The van der Waals surface area contributed by atoms with Crippen molar-refractivity contribution in [2.24, 2.45) is 5.73 Å². The van der Waals surface area contributed by atoms with Crippen LogP contribution in [0.15, 0.2) is 24.3 Å². The molecule has 5 nitrogen and oxygen atoms in total. The van der Waals surface area contributed by atoms with E-state index in [1.807, 2.05) is 24.3 Å². The Kier molecular flexibility index (Phi) is 7.36. The first-order chi connectivity index (χ1) is 9.28. The van der Waals surface area contributed by atoms with Crippen LogP contribution in [-0.4, -0.2) is 31.8 Å². The van der Waals surface area contributed by atoms with Gasteiger partial charge in [-0.15, -0.1) is 12.4 Å². The number of hydrogen-bond donors (Lipinski definition) is 2. The van der Waals surface area contributed by atoms with E-state index in [0.717, 1.165) is 24.5 Å². The van der Waals surface area contributed by atoms with Crippen molar-refractivity contribution in [3.8, 4) is 5.75 Å². The van der Waals surface area contributed by atoms with E-state index in [4.69, 9.17) is 15.2 Å². The van der Waals surface area contributed by atoms with Gasteiger partial charge in [0.05, 0.1) is 13.2 Å². The Hall–Kier alpha value is -1.30. The molecule has 2 rings (SSSR count). The van der Waals surface area contributed by atoms with Crippen molar-refractivity contribution in [2.45, 2.75) is 25.4 Å². The van der Waals surface area contributed by atoms with Gasteiger partial charge in [-0.25, -0.2) is 0 Å². The maximum Gasteiger partial charge on any atom is 0.224 e. The number of nitrogens with one attached hydrogen (secondary N) is 1. The van der Waals surface area contributed by atoms with Gasteiger partial charge in [0.25, 0.3) is 0 Å². The summed E-state index contributed by atoms with van der Waals surface area (Å²) in [5, 5.41) is 2.82. The molecule has 1 aromatic carbocycles. The first-order valence-electron chi connectivity index (χ1n) is 6.62. The molecule has 1 fully saturated rings. The monoisotopic (exact) mass is 300 g/mol. The fourth-order valence-corrected chi connectivity index (χ4v) is 1.90. The van der Waals surface area contributed by atoms with Gasteiger partial charge in [0, 0.05) is 18.5 Å². The Morgan fingerprint density at radius 2 is 2.15 bits per heavy atom. The lowest BCUT2D eigenvalue weighted by molar-refractivity contribution is -0.116. The SMILES string of the molecule is Cl.NCCCC(=O)Nc1ccc(OC2CCOC2)cc1. The minimum Gasteiger partial charge on any atom is -0.488 e. The van der Waals surface area contributed by atoms with Crippen LogP contribution in [0.25, 0.3) is 0 Å². The van der Waals surface area contributed by atoms with E-state index in [1.54, 1.807) is 0 Å². The molecule has 1 saturated heterocycles. The highest BCUT2D eigenvalue weighted by molar-refractivity contribution is 5.90. The van der Waals surface area contributed by atoms with E-state index >= 15 is 0 Å². The van der Waals surface area contributed by atoms with Crippen LogP contribution in [0.3, 0.4) is 0 Å². The number of nitrogens with two attached hydrogens (primary N) is 1. The summed E-state index contributed by atoms with van der Waals surface area (Å²) in [5.41, 5.74) is 6.14. The summed E-state index contributed by atoms with van der Waals surface area (Å²) < 4.78 is 11.0. The van der Waals surface area contributed by atoms with Gasteiger partial charge in [0.15, 0.2) is 0 Å². The van der Waals surface area contributed by atoms with Gasteiger partial charge in [-0.2, -0.15) is 0 Å². The number of hydrogen-bond acceptors (Lipinski definition) is 4. The highest BCUT2D eigenvalue weighted by Gasteiger charge is 2.16. The highest BCUT2D eigenvalue weighted by Crippen LogP contribution is 2.19. The molecule has 1 atom stereocenters. The number of anilines is 1. The molecule has 20 heavy (non-hydrogen) atoms. The van der Waals surface area contributed by atoms with Crippen molar-refractivity contribution in [3.05, 3.63) is 24.3 Å². The average Bonchev–Trinajstić information content (AvgIpc) is 2.91. The molecule has 3 N–H and O–H groups in total. The Morgan fingerprint density at radius 1 is 1.40 bits per heavy atom. The number of benzene rings is 1. The maximum absolute atomic E-state index is 11.5. The van der Waals surface area contributed by atoms with E-state index in [9.17, 15) is 4.79 Å². The first kappa shape index (κ1) is 16.8. The first-order valence-corrected chi connectivity index (χ1v) is 6.62. The molecule has 0 bridgehead atoms. The topological polar surface area (TPSA) is 73.6 Å². The quantitative estimate of drug-likeness (QED) is 0.842. The molecule has 1 heterocycles. The van der Waals surface area contributed by atoms with E-state index in [0.29, 0.717) is 26.0 Å². The zero-order chi connectivity index (χ0) is 13.5. The fraction of sp³-hybridized carbons (Fsp3) is 0.500. The minimum atomic E-state index is -0.0108. The summed E-state index contributed by atoms with van der Waals surface area (Å²) >= 11 is 0. The number of halogens is 1. The molecule has 1 aliphatic heterocycles. The second kappa shape index (κ2) is 8.79. The minimum absolute atomic E-state index is 0. The second-order valence-corrected chi connectivity index (χ2v) is 4.57. The molecule has 6 heteroatoms. The lowest BCUT2D eigenvalue weighted by Crippen LogP contribution is -2.16. The van der Waals surface area contributed by atoms with E-state index in [2.05, 4.69) is 5.32 Å². The summed E-state index contributed by atoms with van der Waals surface area (Å²) in [6.45, 7) is 1.95. The molecule has 0 radical (unpaired) electrons. The summed E-state index contributed by atoms with van der Waals surface area (Å²) in [7, 11) is 0. The standard InChI is InChI=1S/C14H20N2O3.ClH/c15-8-1-2-14(17)16-11-3-5-12(6-4-11)19-13-7-9-18-10-13;/h3-6,13H,1-2,7-10,15H2,(H,16,17);1H. The van der Waals surface area contributed by atoms with Gasteiger partial charge in [0.2, 0.25) is 5.91 Å². The van der Waals surface area contributed by atoms with E-state index in [1.165, 1.54) is 0 Å². The number of amides is 1. The third kappa shape index (κ3) is 5.36. The van der Waals surface area contributed by atoms with E-state index < -0.39 is 0 Å². The maximum atomic E-state index is 11.5. The molecular weight excluding hydrogens is 280 g/mol. The Labute approximate surface area is 125 Å². The van der Waals surface area contributed by atoms with Crippen molar-refractivity contribution in [1.82, 2.24) is 0 Å². The van der Waals surface area contributed by atoms with Crippen molar-refractivity contribution in [1.29, 1.82) is 0 Å². The summed E-state index contributed by atoms with van der Waals surface area (Å²) in [5.74, 6) is 0.791. The Bertz CT molecular complexity index is 405. The van der Waals surface area contributed by atoms with Gasteiger partial charge >= 0.3 is 0 Å². The van der Waals surface area contributed by atoms with Crippen LogP contribution >= 0.6 is 12.4 Å². The third-order valence-corrected chi connectivity index (χ3v) is 2.94. The van der Waals surface area contributed by atoms with Gasteiger partial charge in [-0.1, -0.05) is 0 Å². The molecule has 1 aliphatic rings. The van der Waals surface area contributed by atoms with Gasteiger partial charge in [0.1, 0.15) is 11.9 Å². The zero-order valence-electron chi connectivity index (χ0n) is 11.3. The molecular formula is C14H21ClN2O3. The van der Waals surface area contributed by atoms with Crippen LogP contribution in [0, 0.1) is 0 Å². The molecule has 0 saturated carbocycles. The zero-order valence-corrected chi connectivity index (χ0v) is 12.2. The Morgan fingerprint density at radius 3 is 2.75 bits per heavy atom. The predicted octanol–water partition coefficient (Wildman–Crippen LogP) is 1.95. The predicted molar refractivity (Wildman–Crippen MR) is 80.5 cm³/mol. The average molecular weight is 301 g/mol. The van der Waals surface area contributed by atoms with Crippen LogP contribution in [0.4, 0.5) is 5.69 Å². The number of ether oxygens (including phenoxy) is 2. The van der Waals surface area contributed by atoms with E-state index in [-0.39, 0.29) is 24.4 Å². The van der Waals surface area contributed by atoms with Crippen LogP contribution < -0.4 is 15.8 Å². The van der Waals surface area contributed by atoms with Gasteiger partial charge in [-0.3, -0.25) is 4.79 Å². The third-order valence-electron chi connectivity index (χ3n) is 2.94. The van der Waals surface area contributed by atoms with Gasteiger partial charge < -0.3 is 20.5 Å². The van der Waals surface area contributed by atoms with Crippen LogP contribution in [0.1, 0.15) is 19.3 Å². The molecule has 0 aliphatic carbocycles. The van der Waals surface area contributed by atoms with Crippen LogP contribution in [-0.2, 0) is 9.53 Å². The fourth-order valence-electron chi connectivity index (χ4n) is 1.90. The van der Waals surface area contributed by atoms with Gasteiger partial charge in [-0.05, 0) is 37.2 Å². The number of carbonyl (C=O) groups is 1. The largest absolute Gasteiger partial charge is 0.488 e. The molecule has 1 amide bonds. The highest BCUT2D eigenvalue weighted by atomic mass is 35.5. The van der Waals surface area contributed by atoms with Crippen LogP contribution in [0.2, 0.25) is 0 Å². The van der Waals surface area contributed by atoms with Crippen molar-refractivity contribution < 1.29 is 14.3 Å². The van der Waals surface area contributed by atoms with Crippen molar-refractivity contribution in [2.75, 3.05) is 25.1 Å². The normalized spacial score (nSPS) is 17.4. The molecule has 112 valence electrons. The smallest absolute Gasteiger partial charge is 0.224 e. The summed E-state index contributed by atoms with van der Waals surface area (Å²) in [4.78, 5) is 11.5. The summed E-state index contributed by atoms with van der Waals surface area (Å²) in [6, 6.07) is 7.39. The lowest BCUT2D eigenvalue weighted by atomic mass is 10.2. The van der Waals surface area contributed by atoms with Crippen molar-refractivity contribution in [3.63, 3.8) is 0 Å². The van der Waals surface area contributed by atoms with Crippen LogP contribution in [0.5, 0.6) is 5.75 Å². The molecule has 0 spiro atoms. The summed E-state index contributed by atoms with van der Waals surface area (Å²) in [6.07, 6.45) is 2.23. The second-order valence-electron chi connectivity index (χ2n) is 4.57. The number of rotatable bonds is 6. The molecule has 1 aromatic rings. The molecule has 1 unspecified atom stereocenters. The molecule has 0 aromatic heterocycles. The lowest BCUT2D eigenvalue weighted by Gasteiger charge is -2.12. The number of carbonyl (C=O) groups excluding carboxylic acids is 1.